The number of rotatable bonds is 6. The highest BCUT2D eigenvalue weighted by molar-refractivity contribution is 8.03. The summed E-state index contributed by atoms with van der Waals surface area (Å²) in [6.45, 7) is 0. The second-order valence-corrected chi connectivity index (χ2v) is 8.14. The van der Waals surface area contributed by atoms with Gasteiger partial charge >= 0.3 is 5.97 Å². The smallest absolute Gasteiger partial charge is 0.319 e. The Bertz CT molecular complexity index is 1110. The van der Waals surface area contributed by atoms with Gasteiger partial charge in [-0.3, -0.25) is 14.4 Å². The molecule has 164 valence electrons. The monoisotopic (exact) mass is 473 g/mol. The summed E-state index contributed by atoms with van der Waals surface area (Å²) in [5.41, 5.74) is 1.07. The summed E-state index contributed by atoms with van der Waals surface area (Å²) in [6, 6.07) is 13.8. The van der Waals surface area contributed by atoms with Gasteiger partial charge in [-0.25, -0.2) is 4.39 Å². The minimum atomic E-state index is -1.27. The van der Waals surface area contributed by atoms with Crippen LogP contribution in [0.3, 0.4) is 0 Å². The Morgan fingerprint density at radius 3 is 2.47 bits per heavy atom. The highest BCUT2D eigenvalue weighted by Gasteiger charge is 2.44. The number of ether oxygens (including phenoxy) is 1. The molecule has 0 spiro atoms. The number of carbonyl (C=O) groups is 3. The molecule has 0 radical (unpaired) electrons. The molecule has 2 atom stereocenters. The molecule has 32 heavy (non-hydrogen) atoms. The van der Waals surface area contributed by atoms with E-state index < -0.39 is 35.4 Å². The molecule has 1 aliphatic rings. The van der Waals surface area contributed by atoms with Crippen LogP contribution in [0.25, 0.3) is 0 Å². The van der Waals surface area contributed by atoms with Crippen LogP contribution in [0.5, 0.6) is 0 Å². The Morgan fingerprint density at radius 2 is 1.88 bits per heavy atom. The van der Waals surface area contributed by atoms with E-state index in [1.165, 1.54) is 24.3 Å². The largest absolute Gasteiger partial charge is 0.468 e. The first-order chi connectivity index (χ1) is 15.3. The first kappa shape index (κ1) is 23.3. The van der Waals surface area contributed by atoms with Crippen molar-refractivity contribution < 1.29 is 23.5 Å². The van der Waals surface area contributed by atoms with E-state index in [-0.39, 0.29) is 16.4 Å². The van der Waals surface area contributed by atoms with Crippen molar-refractivity contribution in [1.82, 2.24) is 5.32 Å². The van der Waals surface area contributed by atoms with Crippen molar-refractivity contribution >= 4 is 46.8 Å². The fraction of sp³-hybridized carbons (Fsp3) is 0.182. The number of halogens is 2. The molecule has 0 unspecified atom stereocenters. The number of nitrogens with one attached hydrogen (secondary N) is 2. The van der Waals surface area contributed by atoms with Gasteiger partial charge in [0.15, 0.2) is 0 Å². The van der Waals surface area contributed by atoms with Gasteiger partial charge in [0.05, 0.1) is 29.5 Å². The highest BCUT2D eigenvalue weighted by atomic mass is 35.5. The number of amides is 2. The van der Waals surface area contributed by atoms with Crippen molar-refractivity contribution in [2.75, 3.05) is 18.2 Å². The zero-order valence-electron chi connectivity index (χ0n) is 16.7. The topological polar surface area (TPSA) is 108 Å². The van der Waals surface area contributed by atoms with E-state index in [1.54, 1.807) is 24.3 Å². The third-order valence-corrected chi connectivity index (χ3v) is 5.96. The van der Waals surface area contributed by atoms with E-state index in [9.17, 15) is 24.0 Å². The predicted octanol–water partition coefficient (Wildman–Crippen LogP) is 3.59. The SMILES string of the molecule is COC(=O)[C@H]1C(=O)NC(SCC(=O)Nc2ccc(F)cc2)=C(C#N)[C@H]1c1ccc(Cl)cc1. The third kappa shape index (κ3) is 5.28. The number of nitriles is 1. The molecular formula is C22H17ClFN3O4S. The number of anilines is 1. The molecule has 2 aromatic rings. The van der Waals surface area contributed by atoms with Crippen LogP contribution < -0.4 is 10.6 Å². The van der Waals surface area contributed by atoms with Gasteiger partial charge in [0.25, 0.3) is 0 Å². The van der Waals surface area contributed by atoms with Crippen LogP contribution in [0.2, 0.25) is 5.02 Å². The number of allylic oxidation sites excluding steroid dienone is 1. The van der Waals surface area contributed by atoms with Crippen LogP contribution in [0.15, 0.2) is 59.1 Å². The van der Waals surface area contributed by atoms with E-state index in [4.69, 9.17) is 16.3 Å². The maximum Gasteiger partial charge on any atom is 0.319 e. The van der Waals surface area contributed by atoms with Crippen LogP contribution in [-0.2, 0) is 19.1 Å². The fourth-order valence-corrected chi connectivity index (χ4v) is 4.19. The Hall–Kier alpha value is -3.35. The fourth-order valence-electron chi connectivity index (χ4n) is 3.22. The van der Waals surface area contributed by atoms with E-state index >= 15 is 0 Å². The van der Waals surface area contributed by atoms with Crippen molar-refractivity contribution in [3.05, 3.63) is 75.5 Å². The summed E-state index contributed by atoms with van der Waals surface area (Å²) in [7, 11) is 1.16. The lowest BCUT2D eigenvalue weighted by Gasteiger charge is -2.30. The summed E-state index contributed by atoms with van der Waals surface area (Å²) < 4.78 is 17.8. The van der Waals surface area contributed by atoms with Crippen LogP contribution in [0.1, 0.15) is 11.5 Å². The number of hydrogen-bond acceptors (Lipinski definition) is 6. The molecule has 0 aromatic heterocycles. The summed E-state index contributed by atoms with van der Waals surface area (Å²) in [5, 5.41) is 15.6. The molecule has 3 rings (SSSR count). The summed E-state index contributed by atoms with van der Waals surface area (Å²) in [5.74, 6) is -4.58. The van der Waals surface area contributed by atoms with Crippen molar-refractivity contribution in [2.24, 2.45) is 5.92 Å². The van der Waals surface area contributed by atoms with Gasteiger partial charge in [-0.05, 0) is 42.0 Å². The van der Waals surface area contributed by atoms with E-state index in [1.807, 2.05) is 0 Å². The lowest BCUT2D eigenvalue weighted by atomic mass is 9.78. The zero-order valence-corrected chi connectivity index (χ0v) is 18.3. The zero-order chi connectivity index (χ0) is 23.3. The first-order valence-corrected chi connectivity index (χ1v) is 10.7. The van der Waals surface area contributed by atoms with Crippen molar-refractivity contribution in [3.8, 4) is 6.07 Å². The maximum absolute atomic E-state index is 13.0. The molecule has 1 aliphatic heterocycles. The van der Waals surface area contributed by atoms with Crippen molar-refractivity contribution in [1.29, 1.82) is 5.26 Å². The molecule has 1 heterocycles. The average molecular weight is 474 g/mol. The molecule has 2 aromatic carbocycles. The van der Waals surface area contributed by atoms with Gasteiger partial charge in [-0.1, -0.05) is 35.5 Å². The Kier molecular flexibility index (Phi) is 7.51. The quantitative estimate of drug-likeness (QED) is 0.490. The van der Waals surface area contributed by atoms with Gasteiger partial charge in [0.2, 0.25) is 11.8 Å². The number of carbonyl (C=O) groups excluding carboxylic acids is 3. The van der Waals surface area contributed by atoms with Crippen LogP contribution in [0.4, 0.5) is 10.1 Å². The van der Waals surface area contributed by atoms with Gasteiger partial charge in [0.1, 0.15) is 11.7 Å². The number of methoxy groups -OCH3 is 1. The maximum atomic E-state index is 13.0. The number of esters is 1. The van der Waals surface area contributed by atoms with Crippen molar-refractivity contribution in [3.63, 3.8) is 0 Å². The minimum absolute atomic E-state index is 0.127. The van der Waals surface area contributed by atoms with Gasteiger partial charge in [-0.15, -0.1) is 0 Å². The number of hydrogen-bond donors (Lipinski definition) is 2. The molecule has 7 nitrogen and oxygen atoms in total. The lowest BCUT2D eigenvalue weighted by Crippen LogP contribution is -2.44. The summed E-state index contributed by atoms with van der Waals surface area (Å²) in [6.07, 6.45) is 0. The van der Waals surface area contributed by atoms with Gasteiger partial charge in [0, 0.05) is 16.6 Å². The molecular weight excluding hydrogens is 457 g/mol. The Morgan fingerprint density at radius 1 is 1.22 bits per heavy atom. The van der Waals surface area contributed by atoms with E-state index in [0.717, 1.165) is 18.9 Å². The van der Waals surface area contributed by atoms with Gasteiger partial charge in [-0.2, -0.15) is 5.26 Å². The molecule has 0 aliphatic carbocycles. The molecule has 2 N–H and O–H groups in total. The predicted molar refractivity (Wildman–Crippen MR) is 118 cm³/mol. The molecule has 0 saturated heterocycles. The van der Waals surface area contributed by atoms with Gasteiger partial charge < -0.3 is 15.4 Å². The second-order valence-electron chi connectivity index (χ2n) is 6.72. The van der Waals surface area contributed by atoms with E-state index in [0.29, 0.717) is 16.3 Å². The normalized spacial score (nSPS) is 17.9. The number of thioether (sulfide) groups is 1. The number of nitrogens with zero attached hydrogens (tertiary/aromatic N) is 1. The second kappa shape index (κ2) is 10.3. The van der Waals surface area contributed by atoms with Crippen LogP contribution in [-0.4, -0.2) is 30.6 Å². The standard InChI is InChI=1S/C22H17ClFN3O4S/c1-31-22(30)19-18(12-2-4-13(23)5-3-12)16(10-25)21(27-20(19)29)32-11-17(28)26-15-8-6-14(24)7-9-15/h2-9,18-19H,11H2,1H3,(H,26,28)(H,27,29)/t18-,19-/m1/s1. The lowest BCUT2D eigenvalue weighted by molar-refractivity contribution is -0.150. The molecule has 0 saturated carbocycles. The summed E-state index contributed by atoms with van der Waals surface area (Å²) >= 11 is 6.89. The summed E-state index contributed by atoms with van der Waals surface area (Å²) in [4.78, 5) is 37.4. The minimum Gasteiger partial charge on any atom is -0.468 e. The average Bonchev–Trinajstić information content (AvgIpc) is 2.78. The molecule has 0 bridgehead atoms. The highest BCUT2D eigenvalue weighted by Crippen LogP contribution is 2.40. The van der Waals surface area contributed by atoms with Crippen LogP contribution >= 0.6 is 23.4 Å². The first-order valence-electron chi connectivity index (χ1n) is 9.30. The molecule has 0 fully saturated rings. The number of benzene rings is 2. The van der Waals surface area contributed by atoms with E-state index in [2.05, 4.69) is 16.7 Å². The molecule has 10 heteroatoms. The Labute approximate surface area is 192 Å². The van der Waals surface area contributed by atoms with Crippen molar-refractivity contribution in [2.45, 2.75) is 5.92 Å². The Balaban J connectivity index is 1.87. The molecule has 2 amide bonds. The third-order valence-electron chi connectivity index (χ3n) is 4.69. The van der Waals surface area contributed by atoms with Crippen LogP contribution in [0, 0.1) is 23.1 Å².